The number of carbonyl (C=O) groups excluding carboxylic acids is 1. The van der Waals surface area contributed by atoms with E-state index in [-0.39, 0.29) is 18.2 Å². The molecule has 1 saturated heterocycles. The van der Waals surface area contributed by atoms with Gasteiger partial charge in [-0.25, -0.2) is 27.0 Å². The lowest BCUT2D eigenvalue weighted by atomic mass is 9.97. The van der Waals surface area contributed by atoms with Crippen molar-refractivity contribution in [3.8, 4) is 0 Å². The molecule has 3 rings (SSSR count). The molecular weight excluding hydrogens is 384 g/mol. The molecule has 1 aromatic heterocycles. The maximum atomic E-state index is 12.6. The normalized spacial score (nSPS) is 16.2. The third-order valence-corrected chi connectivity index (χ3v) is 6.37. The molecule has 0 N–H and O–H groups in total. The molecular formula is C18H24N4O5S. The molecule has 28 heavy (non-hydrogen) atoms. The van der Waals surface area contributed by atoms with E-state index in [0.717, 1.165) is 5.56 Å². The molecule has 0 spiro atoms. The number of nitrogens with zero attached hydrogens (tertiary/aromatic N) is 4. The van der Waals surface area contributed by atoms with E-state index in [2.05, 4.69) is 9.84 Å². The van der Waals surface area contributed by atoms with Crippen LogP contribution in [-0.2, 0) is 28.4 Å². The Morgan fingerprint density at radius 2 is 1.82 bits per heavy atom. The summed E-state index contributed by atoms with van der Waals surface area (Å²) in [5, 5.41) is 4.50. The second kappa shape index (κ2) is 7.88. The van der Waals surface area contributed by atoms with Crippen LogP contribution in [0, 0.1) is 0 Å². The van der Waals surface area contributed by atoms with Gasteiger partial charge in [0.15, 0.2) is 0 Å². The van der Waals surface area contributed by atoms with E-state index in [1.54, 1.807) is 31.3 Å². The number of benzene rings is 1. The fourth-order valence-electron chi connectivity index (χ4n) is 3.45. The molecule has 0 saturated carbocycles. The molecule has 1 aliphatic heterocycles. The molecule has 0 unspecified atom stereocenters. The quantitative estimate of drug-likeness (QED) is 0.670. The molecule has 152 valence electrons. The summed E-state index contributed by atoms with van der Waals surface area (Å²) in [5.41, 5.74) is 1.06. The molecule has 2 aromatic rings. The van der Waals surface area contributed by atoms with E-state index in [1.807, 2.05) is 0 Å². The number of piperidine rings is 1. The van der Waals surface area contributed by atoms with Gasteiger partial charge < -0.3 is 4.74 Å². The zero-order chi connectivity index (χ0) is 20.5. The molecule has 0 radical (unpaired) electrons. The predicted octanol–water partition coefficient (Wildman–Crippen LogP) is 0.556. The summed E-state index contributed by atoms with van der Waals surface area (Å²) in [5.74, 6) is 0.298. The van der Waals surface area contributed by atoms with Crippen LogP contribution in [0.25, 0.3) is 0 Å². The molecule has 9 nitrogen and oxygen atoms in total. The maximum Gasteiger partial charge on any atom is 0.345 e. The van der Waals surface area contributed by atoms with Gasteiger partial charge in [0.25, 0.3) is 0 Å². The van der Waals surface area contributed by atoms with Gasteiger partial charge in [0.2, 0.25) is 10.0 Å². The minimum absolute atomic E-state index is 0.0404. The highest BCUT2D eigenvalue weighted by Gasteiger charge is 2.29. The second-order valence-electron chi connectivity index (χ2n) is 6.98. The standard InChI is InChI=1S/C18H24N4O5S/c1-20-16(14-8-10-21(11-9-14)28(3,25)26)19-22(18(20)24)12-13-4-6-15(7-5-13)17(23)27-2/h4-7,14H,8-12H2,1-3H3. The molecule has 1 fully saturated rings. The fourth-order valence-corrected chi connectivity index (χ4v) is 4.32. The summed E-state index contributed by atoms with van der Waals surface area (Å²) in [6.07, 6.45) is 2.47. The van der Waals surface area contributed by atoms with Crippen LogP contribution >= 0.6 is 0 Å². The minimum atomic E-state index is -3.19. The van der Waals surface area contributed by atoms with Gasteiger partial charge in [-0.05, 0) is 30.5 Å². The highest BCUT2D eigenvalue weighted by atomic mass is 32.2. The van der Waals surface area contributed by atoms with Crippen LogP contribution in [-0.4, -0.2) is 59.5 Å². The van der Waals surface area contributed by atoms with Crippen LogP contribution in [0.4, 0.5) is 0 Å². The number of carbonyl (C=O) groups is 1. The van der Waals surface area contributed by atoms with Crippen molar-refractivity contribution in [2.45, 2.75) is 25.3 Å². The van der Waals surface area contributed by atoms with Gasteiger partial charge in [0.05, 0.1) is 25.5 Å². The summed E-state index contributed by atoms with van der Waals surface area (Å²) >= 11 is 0. The van der Waals surface area contributed by atoms with Crippen LogP contribution in [0.5, 0.6) is 0 Å². The average molecular weight is 408 g/mol. The van der Waals surface area contributed by atoms with E-state index in [1.165, 1.54) is 26.9 Å². The van der Waals surface area contributed by atoms with Gasteiger partial charge >= 0.3 is 11.7 Å². The Labute approximate surface area is 163 Å². The van der Waals surface area contributed by atoms with Crippen LogP contribution in [0.2, 0.25) is 0 Å². The van der Waals surface area contributed by atoms with Crippen LogP contribution in [0.15, 0.2) is 29.1 Å². The van der Waals surface area contributed by atoms with Crippen LogP contribution in [0.1, 0.15) is 40.5 Å². The number of rotatable bonds is 5. The predicted molar refractivity (Wildman–Crippen MR) is 103 cm³/mol. The third-order valence-electron chi connectivity index (χ3n) is 5.07. The highest BCUT2D eigenvalue weighted by molar-refractivity contribution is 7.88. The first-order valence-electron chi connectivity index (χ1n) is 8.97. The van der Waals surface area contributed by atoms with Crippen LogP contribution in [0.3, 0.4) is 0 Å². The summed E-state index contributed by atoms with van der Waals surface area (Å²) < 4.78 is 32.4. The molecule has 2 heterocycles. The Kier molecular flexibility index (Phi) is 5.71. The van der Waals surface area contributed by atoms with E-state index in [4.69, 9.17) is 0 Å². The number of hydrogen-bond donors (Lipinski definition) is 0. The van der Waals surface area contributed by atoms with E-state index in [9.17, 15) is 18.0 Å². The lowest BCUT2D eigenvalue weighted by Gasteiger charge is -2.29. The molecule has 10 heteroatoms. The number of methoxy groups -OCH3 is 1. The first-order valence-corrected chi connectivity index (χ1v) is 10.8. The van der Waals surface area contributed by atoms with E-state index < -0.39 is 16.0 Å². The summed E-state index contributed by atoms with van der Waals surface area (Å²) in [6.45, 7) is 1.15. The monoisotopic (exact) mass is 408 g/mol. The van der Waals surface area contributed by atoms with Crippen LogP contribution < -0.4 is 5.69 Å². The SMILES string of the molecule is COC(=O)c1ccc(Cn2nc(C3CCN(S(C)(=O)=O)CC3)n(C)c2=O)cc1. The first-order chi connectivity index (χ1) is 13.2. The van der Waals surface area contributed by atoms with Gasteiger partial charge in [-0.3, -0.25) is 4.57 Å². The average Bonchev–Trinajstić information content (AvgIpc) is 2.96. The zero-order valence-corrected chi connectivity index (χ0v) is 17.0. The van der Waals surface area contributed by atoms with Crippen molar-refractivity contribution in [2.24, 2.45) is 7.05 Å². The molecule has 1 aliphatic rings. The van der Waals surface area contributed by atoms with Gasteiger partial charge in [0, 0.05) is 26.1 Å². The van der Waals surface area contributed by atoms with Crippen molar-refractivity contribution >= 4 is 16.0 Å². The lowest BCUT2D eigenvalue weighted by Crippen LogP contribution is -2.37. The fraction of sp³-hybridized carbons (Fsp3) is 0.500. The number of hydrogen-bond acceptors (Lipinski definition) is 6. The minimum Gasteiger partial charge on any atom is -0.465 e. The van der Waals surface area contributed by atoms with Crippen molar-refractivity contribution < 1.29 is 17.9 Å². The second-order valence-corrected chi connectivity index (χ2v) is 8.96. The van der Waals surface area contributed by atoms with Crippen molar-refractivity contribution in [1.82, 2.24) is 18.7 Å². The van der Waals surface area contributed by atoms with Gasteiger partial charge in [-0.15, -0.1) is 0 Å². The van der Waals surface area contributed by atoms with E-state index in [0.29, 0.717) is 37.3 Å². The number of esters is 1. The molecule has 1 aromatic carbocycles. The van der Waals surface area contributed by atoms with E-state index >= 15 is 0 Å². The first kappa shape index (κ1) is 20.3. The van der Waals surface area contributed by atoms with Crippen molar-refractivity contribution in [2.75, 3.05) is 26.5 Å². The van der Waals surface area contributed by atoms with Crippen molar-refractivity contribution in [3.63, 3.8) is 0 Å². The van der Waals surface area contributed by atoms with Crippen molar-refractivity contribution in [1.29, 1.82) is 0 Å². The Morgan fingerprint density at radius 3 is 2.36 bits per heavy atom. The van der Waals surface area contributed by atoms with Gasteiger partial charge in [-0.1, -0.05) is 12.1 Å². The highest BCUT2D eigenvalue weighted by Crippen LogP contribution is 2.26. The Balaban J connectivity index is 1.75. The maximum absolute atomic E-state index is 12.6. The Morgan fingerprint density at radius 1 is 1.21 bits per heavy atom. The summed E-state index contributed by atoms with van der Waals surface area (Å²) in [4.78, 5) is 24.1. The van der Waals surface area contributed by atoms with Gasteiger partial charge in [0.1, 0.15) is 5.82 Å². The molecule has 0 atom stereocenters. The zero-order valence-electron chi connectivity index (χ0n) is 16.2. The van der Waals surface area contributed by atoms with Gasteiger partial charge in [-0.2, -0.15) is 5.10 Å². The number of sulfonamides is 1. The lowest BCUT2D eigenvalue weighted by molar-refractivity contribution is 0.0600. The molecule has 0 amide bonds. The van der Waals surface area contributed by atoms with Crippen molar-refractivity contribution in [3.05, 3.63) is 51.7 Å². The Hall–Kier alpha value is -2.46. The largest absolute Gasteiger partial charge is 0.465 e. The number of ether oxygens (including phenoxy) is 1. The third kappa shape index (κ3) is 4.17. The topological polar surface area (TPSA) is 104 Å². The molecule has 0 aliphatic carbocycles. The summed E-state index contributed by atoms with van der Waals surface area (Å²) in [6, 6.07) is 6.82. The number of aromatic nitrogens is 3. The smallest absolute Gasteiger partial charge is 0.345 e. The Bertz CT molecular complexity index is 1020. The summed E-state index contributed by atoms with van der Waals surface area (Å²) in [7, 11) is -0.181. The molecule has 0 bridgehead atoms.